The number of hydrogen-bond donors (Lipinski definition) is 3. The van der Waals surface area contributed by atoms with Crippen molar-refractivity contribution in [2.24, 2.45) is 0 Å². The molecule has 0 spiro atoms. The minimum absolute atomic E-state index is 0.324. The van der Waals surface area contributed by atoms with Gasteiger partial charge in [-0.1, -0.05) is 50.1 Å². The van der Waals surface area contributed by atoms with E-state index in [1.54, 1.807) is 6.07 Å². The van der Waals surface area contributed by atoms with Crippen molar-refractivity contribution < 1.29 is 15.0 Å². The first-order valence-corrected chi connectivity index (χ1v) is 10.1. The first-order valence-electron chi connectivity index (χ1n) is 10.1. The number of aryl methyl sites for hydroxylation is 3. The summed E-state index contributed by atoms with van der Waals surface area (Å²) in [7, 11) is 0. The van der Waals surface area contributed by atoms with Crippen molar-refractivity contribution in [3.63, 3.8) is 0 Å². The minimum Gasteiger partial charge on any atom is -0.478 e. The maximum Gasteiger partial charge on any atom is 0.335 e. The lowest BCUT2D eigenvalue weighted by atomic mass is 9.96. The van der Waals surface area contributed by atoms with Gasteiger partial charge in [0.25, 0.3) is 0 Å². The highest BCUT2D eigenvalue weighted by atomic mass is 16.4. The van der Waals surface area contributed by atoms with E-state index in [-0.39, 0.29) is 0 Å². The zero-order valence-corrected chi connectivity index (χ0v) is 16.7. The van der Waals surface area contributed by atoms with Gasteiger partial charge in [-0.3, -0.25) is 0 Å². The summed E-state index contributed by atoms with van der Waals surface area (Å²) in [5.41, 5.74) is 5.15. The highest BCUT2D eigenvalue weighted by Crippen LogP contribution is 2.32. The third-order valence-electron chi connectivity index (χ3n) is 5.41. The molecule has 4 nitrogen and oxygen atoms in total. The Morgan fingerprint density at radius 3 is 2.54 bits per heavy atom. The molecule has 0 aliphatic rings. The molecule has 1 aromatic heterocycles. The van der Waals surface area contributed by atoms with Crippen LogP contribution in [0.1, 0.15) is 71.5 Å². The Labute approximate surface area is 166 Å². The number of unbranched alkanes of at least 4 members (excludes halogenated alkanes) is 1. The molecule has 0 saturated heterocycles. The lowest BCUT2D eigenvalue weighted by Gasteiger charge is -2.12. The van der Waals surface area contributed by atoms with Crippen molar-refractivity contribution in [3.05, 3.63) is 70.4 Å². The van der Waals surface area contributed by atoms with E-state index in [1.165, 1.54) is 5.56 Å². The van der Waals surface area contributed by atoms with Crippen molar-refractivity contribution in [2.45, 2.75) is 58.5 Å². The average Bonchev–Trinajstić information content (AvgIpc) is 3.03. The number of aliphatic hydroxyl groups is 1. The van der Waals surface area contributed by atoms with Gasteiger partial charge in [0.15, 0.2) is 0 Å². The molecule has 28 heavy (non-hydrogen) atoms. The van der Waals surface area contributed by atoms with Crippen molar-refractivity contribution in [1.29, 1.82) is 0 Å². The quantitative estimate of drug-likeness (QED) is 0.455. The first kappa shape index (κ1) is 20.2. The molecule has 3 aromatic rings. The second-order valence-corrected chi connectivity index (χ2v) is 7.53. The molecule has 0 fully saturated rings. The fraction of sp³-hybridized carbons (Fsp3) is 0.375. The van der Waals surface area contributed by atoms with Crippen LogP contribution in [-0.2, 0) is 12.8 Å². The van der Waals surface area contributed by atoms with Crippen molar-refractivity contribution in [1.82, 2.24) is 4.98 Å². The van der Waals surface area contributed by atoms with Crippen molar-refractivity contribution >= 4 is 16.9 Å². The van der Waals surface area contributed by atoms with Gasteiger partial charge in [-0.15, -0.1) is 0 Å². The van der Waals surface area contributed by atoms with Crippen LogP contribution in [0, 0.1) is 6.92 Å². The molecule has 0 bridgehead atoms. The Kier molecular flexibility index (Phi) is 6.53. The number of aromatic carboxylic acids is 1. The molecule has 0 radical (unpaired) electrons. The Hall–Kier alpha value is -2.59. The molecule has 4 heteroatoms. The lowest BCUT2D eigenvalue weighted by Crippen LogP contribution is -2.03. The summed E-state index contributed by atoms with van der Waals surface area (Å²) < 4.78 is 0. The molecular formula is C24H29NO3. The predicted molar refractivity (Wildman–Crippen MR) is 113 cm³/mol. The number of benzene rings is 2. The maximum absolute atomic E-state index is 11.6. The predicted octanol–water partition coefficient (Wildman–Crippen LogP) is 5.57. The van der Waals surface area contributed by atoms with Gasteiger partial charge in [0.1, 0.15) is 0 Å². The molecule has 1 atom stereocenters. The third-order valence-corrected chi connectivity index (χ3v) is 5.41. The third kappa shape index (κ3) is 4.45. The van der Waals surface area contributed by atoms with Gasteiger partial charge in [-0.25, -0.2) is 4.79 Å². The topological polar surface area (TPSA) is 73.3 Å². The Morgan fingerprint density at radius 2 is 1.86 bits per heavy atom. The number of aliphatic hydroxyl groups excluding tert-OH is 1. The minimum atomic E-state index is -0.913. The largest absolute Gasteiger partial charge is 0.478 e. The summed E-state index contributed by atoms with van der Waals surface area (Å²) in [4.78, 5) is 15.0. The summed E-state index contributed by atoms with van der Waals surface area (Å²) in [5.74, 6) is -0.913. The number of carboxylic acid groups (broad SMARTS) is 1. The van der Waals surface area contributed by atoms with Gasteiger partial charge < -0.3 is 15.2 Å². The van der Waals surface area contributed by atoms with E-state index < -0.39 is 12.1 Å². The van der Waals surface area contributed by atoms with Gasteiger partial charge in [0.05, 0.1) is 11.7 Å². The van der Waals surface area contributed by atoms with Crippen LogP contribution in [-0.4, -0.2) is 21.2 Å². The van der Waals surface area contributed by atoms with E-state index >= 15 is 0 Å². The monoisotopic (exact) mass is 379 g/mol. The molecule has 3 rings (SSSR count). The first-order chi connectivity index (χ1) is 13.5. The van der Waals surface area contributed by atoms with Gasteiger partial charge in [-0.2, -0.15) is 0 Å². The molecule has 2 aromatic carbocycles. The SMILES string of the molecule is CCCCC(O)c1[nH]c2cc(C)c(C(=O)O)cc2c1CCCc1ccccc1. The second-order valence-electron chi connectivity index (χ2n) is 7.53. The van der Waals surface area contributed by atoms with Crippen molar-refractivity contribution in [2.75, 3.05) is 0 Å². The number of hydrogen-bond acceptors (Lipinski definition) is 2. The number of aromatic nitrogens is 1. The van der Waals surface area contributed by atoms with E-state index in [9.17, 15) is 15.0 Å². The van der Waals surface area contributed by atoms with Crippen LogP contribution in [0.4, 0.5) is 0 Å². The highest BCUT2D eigenvalue weighted by molar-refractivity contribution is 5.97. The van der Waals surface area contributed by atoms with Crippen LogP contribution in [0.3, 0.4) is 0 Å². The van der Waals surface area contributed by atoms with Crippen LogP contribution >= 0.6 is 0 Å². The number of carboxylic acids is 1. The molecule has 0 amide bonds. The van der Waals surface area contributed by atoms with E-state index in [1.807, 2.05) is 31.2 Å². The van der Waals surface area contributed by atoms with Crippen LogP contribution < -0.4 is 0 Å². The number of nitrogens with one attached hydrogen (secondary N) is 1. The smallest absolute Gasteiger partial charge is 0.335 e. The number of carbonyl (C=O) groups is 1. The molecule has 0 saturated carbocycles. The Balaban J connectivity index is 1.94. The summed E-state index contributed by atoms with van der Waals surface area (Å²) in [5, 5.41) is 21.2. The highest BCUT2D eigenvalue weighted by Gasteiger charge is 2.20. The maximum atomic E-state index is 11.6. The number of fused-ring (bicyclic) bond motifs is 1. The van der Waals surface area contributed by atoms with Gasteiger partial charge >= 0.3 is 5.97 Å². The van der Waals surface area contributed by atoms with Gasteiger partial charge in [0, 0.05) is 16.6 Å². The zero-order chi connectivity index (χ0) is 20.1. The molecule has 3 N–H and O–H groups in total. The van der Waals surface area contributed by atoms with Crippen molar-refractivity contribution in [3.8, 4) is 0 Å². The lowest BCUT2D eigenvalue weighted by molar-refractivity contribution is 0.0696. The van der Waals surface area contributed by atoms with Gasteiger partial charge in [-0.05, 0) is 61.4 Å². The molecule has 148 valence electrons. The standard InChI is InChI=1S/C24H29NO3/c1-3-4-13-22(26)23-18(12-8-11-17-9-6-5-7-10-17)20-15-19(24(27)28)16(2)14-21(20)25-23/h5-7,9-10,14-15,22,25-26H,3-4,8,11-13H2,1-2H3,(H,27,28). The van der Waals surface area contributed by atoms with E-state index in [0.717, 1.165) is 59.8 Å². The summed E-state index contributed by atoms with van der Waals surface area (Å²) in [6.45, 7) is 3.92. The normalized spacial score (nSPS) is 12.4. The molecular weight excluding hydrogens is 350 g/mol. The second kappa shape index (κ2) is 9.07. The Bertz CT molecular complexity index is 943. The molecule has 0 aliphatic heterocycles. The number of aromatic amines is 1. The number of H-pyrrole nitrogens is 1. The Morgan fingerprint density at radius 1 is 1.11 bits per heavy atom. The molecule has 0 aliphatic carbocycles. The summed E-state index contributed by atoms with van der Waals surface area (Å²) in [6, 6.07) is 14.0. The van der Waals surface area contributed by atoms with Crippen LogP contribution in [0.25, 0.3) is 10.9 Å². The fourth-order valence-corrected chi connectivity index (χ4v) is 3.87. The molecule has 1 unspecified atom stereocenters. The van der Waals surface area contributed by atoms with Gasteiger partial charge in [0.2, 0.25) is 0 Å². The number of rotatable bonds is 9. The van der Waals surface area contributed by atoms with E-state index in [4.69, 9.17) is 0 Å². The summed E-state index contributed by atoms with van der Waals surface area (Å²) >= 11 is 0. The van der Waals surface area contributed by atoms with Crippen LogP contribution in [0.5, 0.6) is 0 Å². The van der Waals surface area contributed by atoms with E-state index in [2.05, 4.69) is 24.0 Å². The van der Waals surface area contributed by atoms with Crippen LogP contribution in [0.2, 0.25) is 0 Å². The average molecular weight is 380 g/mol. The van der Waals surface area contributed by atoms with Crippen LogP contribution in [0.15, 0.2) is 42.5 Å². The summed E-state index contributed by atoms with van der Waals surface area (Å²) in [6.07, 6.45) is 4.85. The molecule has 1 heterocycles. The van der Waals surface area contributed by atoms with E-state index in [0.29, 0.717) is 12.0 Å². The fourth-order valence-electron chi connectivity index (χ4n) is 3.87. The zero-order valence-electron chi connectivity index (χ0n) is 16.7.